The Morgan fingerprint density at radius 1 is 1.35 bits per heavy atom. The molecule has 3 nitrogen and oxygen atoms in total. The summed E-state index contributed by atoms with van der Waals surface area (Å²) in [4.78, 5) is 0. The van der Waals surface area contributed by atoms with Gasteiger partial charge in [-0.1, -0.05) is 26.0 Å². The van der Waals surface area contributed by atoms with E-state index >= 15 is 0 Å². The van der Waals surface area contributed by atoms with Crippen LogP contribution in [0.15, 0.2) is 24.3 Å². The van der Waals surface area contributed by atoms with Gasteiger partial charge in [0.2, 0.25) is 0 Å². The predicted octanol–water partition coefficient (Wildman–Crippen LogP) is 3.12. The average molecular weight is 250 g/mol. The summed E-state index contributed by atoms with van der Waals surface area (Å²) in [6.45, 7) is 5.39. The molecule has 0 unspecified atom stereocenters. The van der Waals surface area contributed by atoms with Gasteiger partial charge in [0.15, 0.2) is 0 Å². The number of hydrogen-bond acceptors (Lipinski definition) is 4. The van der Waals surface area contributed by atoms with Gasteiger partial charge >= 0.3 is 0 Å². The lowest BCUT2D eigenvalue weighted by molar-refractivity contribution is 0.220. The molecule has 2 N–H and O–H groups in total. The van der Waals surface area contributed by atoms with Crippen LogP contribution in [0.1, 0.15) is 20.3 Å². The van der Waals surface area contributed by atoms with E-state index in [-0.39, 0.29) is 12.0 Å². The molecule has 0 atom stereocenters. The zero-order valence-electron chi connectivity index (χ0n) is 10.2. The number of hydrogen-bond donors (Lipinski definition) is 2. The molecule has 1 heterocycles. The first-order chi connectivity index (χ1) is 8.12. The topological polar surface area (TPSA) is 45.1 Å². The molecule has 2 aromatic rings. The molecule has 1 aromatic heterocycles. The summed E-state index contributed by atoms with van der Waals surface area (Å²) in [5.41, 5.74) is 1.14. The van der Waals surface area contributed by atoms with E-state index in [0.29, 0.717) is 0 Å². The van der Waals surface area contributed by atoms with Crippen molar-refractivity contribution in [3.8, 4) is 0 Å². The van der Waals surface area contributed by atoms with Gasteiger partial charge in [-0.15, -0.1) is 0 Å². The number of aromatic nitrogens is 1. The van der Waals surface area contributed by atoms with Crippen LogP contribution in [0.3, 0.4) is 0 Å². The minimum absolute atomic E-state index is 0.0971. The summed E-state index contributed by atoms with van der Waals surface area (Å²) < 4.78 is 4.40. The van der Waals surface area contributed by atoms with Crippen LogP contribution in [0, 0.1) is 5.41 Å². The Morgan fingerprint density at radius 3 is 2.88 bits per heavy atom. The number of anilines is 1. The van der Waals surface area contributed by atoms with E-state index < -0.39 is 0 Å². The SMILES string of the molecule is CC(C)(CCO)CNc1snc2ccccc12. The van der Waals surface area contributed by atoms with Crippen LogP contribution in [-0.4, -0.2) is 22.6 Å². The van der Waals surface area contributed by atoms with E-state index in [1.54, 1.807) is 0 Å². The van der Waals surface area contributed by atoms with Crippen molar-refractivity contribution in [1.82, 2.24) is 4.37 Å². The second kappa shape index (κ2) is 5.02. The highest BCUT2D eigenvalue weighted by atomic mass is 32.1. The van der Waals surface area contributed by atoms with Crippen molar-refractivity contribution < 1.29 is 5.11 Å². The average Bonchev–Trinajstić information content (AvgIpc) is 2.70. The largest absolute Gasteiger partial charge is 0.396 e. The Hall–Kier alpha value is -1.13. The number of aliphatic hydroxyl groups is 1. The number of rotatable bonds is 5. The van der Waals surface area contributed by atoms with E-state index in [0.717, 1.165) is 23.5 Å². The van der Waals surface area contributed by atoms with Crippen molar-refractivity contribution in [2.45, 2.75) is 20.3 Å². The fourth-order valence-corrected chi connectivity index (χ4v) is 2.48. The smallest absolute Gasteiger partial charge is 0.117 e. The number of fused-ring (bicyclic) bond motifs is 1. The summed E-state index contributed by atoms with van der Waals surface area (Å²) in [7, 11) is 0. The molecule has 0 saturated carbocycles. The molecule has 0 aliphatic heterocycles. The number of nitrogens with zero attached hydrogens (tertiary/aromatic N) is 1. The first-order valence-electron chi connectivity index (χ1n) is 5.81. The quantitative estimate of drug-likeness (QED) is 0.857. The standard InChI is InChI=1S/C13H18N2OS/c1-13(2,7-8-16)9-14-12-10-5-3-4-6-11(10)15-17-12/h3-6,14,16H,7-9H2,1-2H3. The van der Waals surface area contributed by atoms with Gasteiger partial charge in [-0.2, -0.15) is 4.37 Å². The minimum atomic E-state index is 0.0971. The van der Waals surface area contributed by atoms with Gasteiger partial charge in [0, 0.05) is 18.5 Å². The predicted molar refractivity (Wildman–Crippen MR) is 73.6 cm³/mol. The van der Waals surface area contributed by atoms with Crippen LogP contribution < -0.4 is 5.32 Å². The van der Waals surface area contributed by atoms with Gasteiger partial charge in [0.1, 0.15) is 5.00 Å². The zero-order chi connectivity index (χ0) is 12.3. The Kier molecular flexibility index (Phi) is 3.64. The van der Waals surface area contributed by atoms with Crippen molar-refractivity contribution in [1.29, 1.82) is 0 Å². The van der Waals surface area contributed by atoms with Gasteiger partial charge in [0.05, 0.1) is 5.52 Å². The summed E-state index contributed by atoms with van der Waals surface area (Å²) in [6, 6.07) is 8.14. The highest BCUT2D eigenvalue weighted by Crippen LogP contribution is 2.29. The first kappa shape index (κ1) is 12.3. The van der Waals surface area contributed by atoms with E-state index in [4.69, 9.17) is 5.11 Å². The third kappa shape index (κ3) is 2.96. The molecule has 17 heavy (non-hydrogen) atoms. The monoisotopic (exact) mass is 250 g/mol. The van der Waals surface area contributed by atoms with Crippen molar-refractivity contribution in [2.75, 3.05) is 18.5 Å². The van der Waals surface area contributed by atoms with Crippen LogP contribution in [-0.2, 0) is 0 Å². The molecule has 4 heteroatoms. The molecular weight excluding hydrogens is 232 g/mol. The van der Waals surface area contributed by atoms with E-state index in [1.165, 1.54) is 16.9 Å². The molecule has 2 rings (SSSR count). The lowest BCUT2D eigenvalue weighted by atomic mass is 9.90. The Labute approximate surface area is 106 Å². The van der Waals surface area contributed by atoms with Gasteiger partial charge in [0.25, 0.3) is 0 Å². The molecule has 0 aliphatic rings. The summed E-state index contributed by atoms with van der Waals surface area (Å²) in [6.07, 6.45) is 0.802. The third-order valence-electron chi connectivity index (χ3n) is 2.90. The molecule has 0 radical (unpaired) electrons. The number of nitrogens with one attached hydrogen (secondary N) is 1. The molecule has 0 aliphatic carbocycles. The maximum atomic E-state index is 8.99. The summed E-state index contributed by atoms with van der Waals surface area (Å²) in [5.74, 6) is 0. The maximum Gasteiger partial charge on any atom is 0.117 e. The van der Waals surface area contributed by atoms with Crippen molar-refractivity contribution in [2.24, 2.45) is 5.41 Å². The zero-order valence-corrected chi connectivity index (χ0v) is 11.0. The molecule has 1 aromatic carbocycles. The van der Waals surface area contributed by atoms with E-state index in [9.17, 15) is 0 Å². The normalized spacial score (nSPS) is 11.9. The van der Waals surface area contributed by atoms with Crippen LogP contribution in [0.5, 0.6) is 0 Å². The second-order valence-corrected chi connectivity index (χ2v) is 5.79. The van der Waals surface area contributed by atoms with Crippen LogP contribution in [0.25, 0.3) is 10.9 Å². The molecular formula is C13H18N2OS. The highest BCUT2D eigenvalue weighted by Gasteiger charge is 2.17. The third-order valence-corrected chi connectivity index (χ3v) is 3.73. The minimum Gasteiger partial charge on any atom is -0.396 e. The molecule has 0 fully saturated rings. The molecule has 0 saturated heterocycles. The van der Waals surface area contributed by atoms with Crippen LogP contribution in [0.4, 0.5) is 5.00 Å². The fraction of sp³-hybridized carbons (Fsp3) is 0.462. The fourth-order valence-electron chi connectivity index (χ4n) is 1.73. The lowest BCUT2D eigenvalue weighted by Crippen LogP contribution is -2.23. The van der Waals surface area contributed by atoms with Crippen LogP contribution >= 0.6 is 11.5 Å². The van der Waals surface area contributed by atoms with Crippen molar-refractivity contribution in [3.63, 3.8) is 0 Å². The number of benzene rings is 1. The molecule has 0 bridgehead atoms. The van der Waals surface area contributed by atoms with Crippen molar-refractivity contribution >= 4 is 27.4 Å². The van der Waals surface area contributed by atoms with Gasteiger partial charge in [-0.25, -0.2) is 0 Å². The Bertz CT molecular complexity index is 493. The van der Waals surface area contributed by atoms with E-state index in [1.807, 2.05) is 18.2 Å². The maximum absolute atomic E-state index is 8.99. The van der Waals surface area contributed by atoms with Crippen molar-refractivity contribution in [3.05, 3.63) is 24.3 Å². The second-order valence-electron chi connectivity index (χ2n) is 5.02. The van der Waals surface area contributed by atoms with Crippen LogP contribution in [0.2, 0.25) is 0 Å². The first-order valence-corrected chi connectivity index (χ1v) is 6.59. The summed E-state index contributed by atoms with van der Waals surface area (Å²) in [5, 5.41) is 14.7. The Morgan fingerprint density at radius 2 is 2.12 bits per heavy atom. The summed E-state index contributed by atoms with van der Waals surface area (Å²) >= 11 is 1.50. The molecule has 92 valence electrons. The number of aliphatic hydroxyl groups excluding tert-OH is 1. The Balaban J connectivity index is 2.09. The van der Waals surface area contributed by atoms with Gasteiger partial charge < -0.3 is 10.4 Å². The highest BCUT2D eigenvalue weighted by molar-refractivity contribution is 7.11. The molecule has 0 amide bonds. The lowest BCUT2D eigenvalue weighted by Gasteiger charge is -2.23. The van der Waals surface area contributed by atoms with E-state index in [2.05, 4.69) is 29.6 Å². The molecule has 0 spiro atoms. The van der Waals surface area contributed by atoms with Gasteiger partial charge in [-0.3, -0.25) is 0 Å². The van der Waals surface area contributed by atoms with Gasteiger partial charge in [-0.05, 0) is 35.5 Å².